The average molecular weight is 613 g/mol. The van der Waals surface area contributed by atoms with Crippen LogP contribution in [0.4, 0.5) is 25.1 Å². The number of ether oxygens (including phenoxy) is 2. The number of fused-ring (bicyclic) bond motifs is 1. The molecule has 2 aromatic carbocycles. The minimum Gasteiger partial charge on any atom is -0.480 e. The number of aromatic nitrogens is 3. The van der Waals surface area contributed by atoms with Crippen LogP contribution in [0, 0.1) is 11.6 Å². The normalized spacial score (nSPS) is 14.1. The number of rotatable bonds is 6. The molecular formula is C29H30F2N6O5S. The minimum absolute atomic E-state index is 0.0324. The summed E-state index contributed by atoms with van der Waals surface area (Å²) < 4.78 is 66.4. The molecule has 0 aliphatic carbocycles. The SMILES string of the molecule is COc1ncc(-c2ccc3c(N4CCN(C(=O)OC(C)(C)C)CC4)ncnc3c2)cc1NS(=O)(=O)c1ccc(F)cc1F. The molecule has 0 radical (unpaired) electrons. The van der Waals surface area contributed by atoms with Gasteiger partial charge in [-0.2, -0.15) is 0 Å². The van der Waals surface area contributed by atoms with Gasteiger partial charge >= 0.3 is 6.09 Å². The Balaban J connectivity index is 1.39. The van der Waals surface area contributed by atoms with E-state index in [-0.39, 0.29) is 17.7 Å². The molecule has 5 rings (SSSR count). The monoisotopic (exact) mass is 612 g/mol. The first-order valence-electron chi connectivity index (χ1n) is 13.3. The fraction of sp³-hybridized carbons (Fsp3) is 0.310. The van der Waals surface area contributed by atoms with E-state index in [2.05, 4.69) is 24.6 Å². The van der Waals surface area contributed by atoms with Gasteiger partial charge in [-0.05, 0) is 56.7 Å². The molecule has 14 heteroatoms. The Kier molecular flexibility index (Phi) is 8.06. The Morgan fingerprint density at radius 1 is 0.953 bits per heavy atom. The standard InChI is InChI=1S/C29H30F2N6O5S/c1-29(2,3)42-28(38)37-11-9-36(10-12-37)26-21-7-5-18(13-23(21)33-17-34-26)19-14-24(27(41-4)32-16-19)35-43(39,40)25-8-6-20(30)15-22(25)31/h5-8,13-17,35H,9-12H2,1-4H3. The Hall–Kier alpha value is -4.59. The maximum atomic E-state index is 14.3. The molecule has 4 aromatic rings. The average Bonchev–Trinajstić information content (AvgIpc) is 2.95. The predicted molar refractivity (Wildman–Crippen MR) is 157 cm³/mol. The van der Waals surface area contributed by atoms with Gasteiger partial charge in [-0.3, -0.25) is 4.72 Å². The van der Waals surface area contributed by atoms with Crippen molar-refractivity contribution in [3.05, 3.63) is 66.6 Å². The summed E-state index contributed by atoms with van der Waals surface area (Å²) in [6, 6.07) is 9.20. The molecule has 0 bridgehead atoms. The Morgan fingerprint density at radius 2 is 1.70 bits per heavy atom. The quantitative estimate of drug-likeness (QED) is 0.326. The lowest BCUT2D eigenvalue weighted by molar-refractivity contribution is 0.0240. The Bertz CT molecular complexity index is 1790. The van der Waals surface area contributed by atoms with Gasteiger partial charge in [0.05, 0.1) is 12.6 Å². The second-order valence-electron chi connectivity index (χ2n) is 10.8. The van der Waals surface area contributed by atoms with Crippen LogP contribution in [-0.2, 0) is 14.8 Å². The van der Waals surface area contributed by atoms with E-state index >= 15 is 0 Å². The number of halogens is 2. The largest absolute Gasteiger partial charge is 0.480 e. The number of pyridine rings is 1. The molecule has 1 saturated heterocycles. The molecule has 1 N–H and O–H groups in total. The highest BCUT2D eigenvalue weighted by Gasteiger charge is 2.27. The number of carbonyl (C=O) groups is 1. The summed E-state index contributed by atoms with van der Waals surface area (Å²) in [4.78, 5) is 28.6. The smallest absolute Gasteiger partial charge is 0.410 e. The molecule has 1 fully saturated rings. The molecule has 0 saturated carbocycles. The van der Waals surface area contributed by atoms with Crippen LogP contribution in [0.2, 0.25) is 0 Å². The highest BCUT2D eigenvalue weighted by Crippen LogP contribution is 2.33. The van der Waals surface area contributed by atoms with Crippen LogP contribution >= 0.6 is 0 Å². The summed E-state index contributed by atoms with van der Waals surface area (Å²) in [6.45, 7) is 7.59. The Labute approximate surface area is 247 Å². The molecule has 11 nitrogen and oxygen atoms in total. The summed E-state index contributed by atoms with van der Waals surface area (Å²) in [5.74, 6) is -1.44. The van der Waals surface area contributed by atoms with Crippen molar-refractivity contribution < 1.29 is 31.5 Å². The number of methoxy groups -OCH3 is 1. The van der Waals surface area contributed by atoms with E-state index in [1.807, 2.05) is 39.0 Å². The highest BCUT2D eigenvalue weighted by atomic mass is 32.2. The lowest BCUT2D eigenvalue weighted by Gasteiger charge is -2.36. The third-order valence-electron chi connectivity index (χ3n) is 6.65. The van der Waals surface area contributed by atoms with Crippen molar-refractivity contribution in [1.82, 2.24) is 19.9 Å². The molecule has 0 unspecified atom stereocenters. The highest BCUT2D eigenvalue weighted by molar-refractivity contribution is 7.92. The van der Waals surface area contributed by atoms with Gasteiger partial charge in [0.25, 0.3) is 10.0 Å². The predicted octanol–water partition coefficient (Wildman–Crippen LogP) is 4.84. The number of benzene rings is 2. The third-order valence-corrected chi connectivity index (χ3v) is 8.05. The lowest BCUT2D eigenvalue weighted by Crippen LogP contribution is -2.50. The lowest BCUT2D eigenvalue weighted by atomic mass is 10.0. The number of nitrogens with one attached hydrogen (secondary N) is 1. The summed E-state index contributed by atoms with van der Waals surface area (Å²) >= 11 is 0. The molecule has 1 aliphatic heterocycles. The number of anilines is 2. The summed E-state index contributed by atoms with van der Waals surface area (Å²) in [7, 11) is -3.11. The topological polar surface area (TPSA) is 127 Å². The van der Waals surface area contributed by atoms with Crippen molar-refractivity contribution in [2.75, 3.05) is 42.9 Å². The van der Waals surface area contributed by atoms with Crippen LogP contribution < -0.4 is 14.4 Å². The zero-order valence-electron chi connectivity index (χ0n) is 24.0. The van der Waals surface area contributed by atoms with Gasteiger partial charge in [0.2, 0.25) is 5.88 Å². The number of amides is 1. The van der Waals surface area contributed by atoms with Crippen molar-refractivity contribution in [3.8, 4) is 17.0 Å². The van der Waals surface area contributed by atoms with Gasteiger partial charge in [0.1, 0.15) is 40.0 Å². The van der Waals surface area contributed by atoms with Crippen LogP contribution in [0.3, 0.4) is 0 Å². The van der Waals surface area contributed by atoms with Crippen LogP contribution in [0.1, 0.15) is 20.8 Å². The van der Waals surface area contributed by atoms with Crippen molar-refractivity contribution in [2.45, 2.75) is 31.3 Å². The second-order valence-corrected chi connectivity index (χ2v) is 12.5. The van der Waals surface area contributed by atoms with Gasteiger partial charge in [0.15, 0.2) is 0 Å². The van der Waals surface area contributed by atoms with E-state index in [0.29, 0.717) is 48.9 Å². The van der Waals surface area contributed by atoms with E-state index in [4.69, 9.17) is 9.47 Å². The van der Waals surface area contributed by atoms with Crippen LogP contribution in [0.5, 0.6) is 5.88 Å². The van der Waals surface area contributed by atoms with E-state index < -0.39 is 32.2 Å². The fourth-order valence-corrected chi connectivity index (χ4v) is 5.75. The first-order chi connectivity index (χ1) is 20.3. The van der Waals surface area contributed by atoms with Gasteiger partial charge in [-0.15, -0.1) is 0 Å². The van der Waals surface area contributed by atoms with Crippen molar-refractivity contribution in [3.63, 3.8) is 0 Å². The number of piperazine rings is 1. The molecule has 0 atom stereocenters. The number of sulfonamides is 1. The first-order valence-corrected chi connectivity index (χ1v) is 14.8. The van der Waals surface area contributed by atoms with Crippen LogP contribution in [0.15, 0.2) is 59.9 Å². The van der Waals surface area contributed by atoms with E-state index in [9.17, 15) is 22.0 Å². The zero-order chi connectivity index (χ0) is 30.9. The molecule has 2 aromatic heterocycles. The van der Waals surface area contributed by atoms with Crippen molar-refractivity contribution in [2.24, 2.45) is 0 Å². The van der Waals surface area contributed by atoms with E-state index in [0.717, 1.165) is 23.3 Å². The minimum atomic E-state index is -4.43. The molecule has 1 aliphatic rings. The number of nitrogens with zero attached hydrogens (tertiary/aromatic N) is 5. The second kappa shape index (κ2) is 11.6. The fourth-order valence-electron chi connectivity index (χ4n) is 4.64. The Morgan fingerprint density at radius 3 is 2.37 bits per heavy atom. The maximum absolute atomic E-state index is 14.3. The van der Waals surface area contributed by atoms with Crippen molar-refractivity contribution in [1.29, 1.82) is 0 Å². The first kappa shape index (κ1) is 29.9. The number of hydrogen-bond acceptors (Lipinski definition) is 9. The molecule has 43 heavy (non-hydrogen) atoms. The van der Waals surface area contributed by atoms with Gasteiger partial charge in [-0.25, -0.2) is 36.9 Å². The number of hydrogen-bond donors (Lipinski definition) is 1. The van der Waals surface area contributed by atoms with Crippen LogP contribution in [0.25, 0.3) is 22.0 Å². The molecule has 1 amide bonds. The maximum Gasteiger partial charge on any atom is 0.410 e. The zero-order valence-corrected chi connectivity index (χ0v) is 24.8. The van der Waals surface area contributed by atoms with Crippen molar-refractivity contribution >= 4 is 38.5 Å². The van der Waals surface area contributed by atoms with Gasteiger partial charge in [-0.1, -0.05) is 6.07 Å². The molecule has 226 valence electrons. The third kappa shape index (κ3) is 6.58. The van der Waals surface area contributed by atoms with E-state index in [1.54, 1.807) is 4.90 Å². The molecule has 0 spiro atoms. The summed E-state index contributed by atoms with van der Waals surface area (Å²) in [6.07, 6.45) is 2.63. The summed E-state index contributed by atoms with van der Waals surface area (Å²) in [5, 5.41) is 0.797. The summed E-state index contributed by atoms with van der Waals surface area (Å²) in [5.41, 5.74) is 1.25. The molecular weight excluding hydrogens is 582 g/mol. The number of carbonyl (C=O) groups excluding carboxylic acids is 1. The van der Waals surface area contributed by atoms with Crippen LogP contribution in [-0.4, -0.2) is 73.3 Å². The van der Waals surface area contributed by atoms with E-state index in [1.165, 1.54) is 25.7 Å². The molecule has 3 heterocycles. The van der Waals surface area contributed by atoms with Gasteiger partial charge < -0.3 is 19.3 Å². The van der Waals surface area contributed by atoms with Gasteiger partial charge in [0, 0.05) is 49.4 Å².